The van der Waals surface area contributed by atoms with Crippen LogP contribution in [0.4, 0.5) is 0 Å². The van der Waals surface area contributed by atoms with Crippen molar-refractivity contribution in [2.45, 2.75) is 6.54 Å². The number of carbonyl (C=O) groups excluding carboxylic acids is 1. The minimum atomic E-state index is -0.184. The summed E-state index contributed by atoms with van der Waals surface area (Å²) in [4.78, 5) is 15.9. The third-order valence-electron chi connectivity index (χ3n) is 2.29. The molecule has 0 radical (unpaired) electrons. The second-order valence-corrected chi connectivity index (χ2v) is 5.39. The number of nitrogens with zero attached hydrogens (tertiary/aromatic N) is 1. The van der Waals surface area contributed by atoms with E-state index in [1.165, 1.54) is 0 Å². The Morgan fingerprint density at radius 1 is 1.17 bits per heavy atom. The molecule has 0 unspecified atom stereocenters. The van der Waals surface area contributed by atoms with Gasteiger partial charge in [-0.25, -0.2) is 4.98 Å². The van der Waals surface area contributed by atoms with Crippen molar-refractivity contribution in [1.82, 2.24) is 10.3 Å². The Morgan fingerprint density at radius 3 is 2.67 bits per heavy atom. The number of aromatic nitrogens is 1. The molecule has 1 aromatic heterocycles. The Morgan fingerprint density at radius 2 is 1.94 bits per heavy atom. The van der Waals surface area contributed by atoms with Gasteiger partial charge in [0.1, 0.15) is 10.3 Å². The molecule has 0 fully saturated rings. The molecule has 0 saturated heterocycles. The van der Waals surface area contributed by atoms with E-state index >= 15 is 0 Å². The highest BCUT2D eigenvalue weighted by molar-refractivity contribution is 9.10. The molecule has 1 amide bonds. The molecule has 1 N–H and O–H groups in total. The summed E-state index contributed by atoms with van der Waals surface area (Å²) in [7, 11) is 0. The molecule has 0 saturated carbocycles. The maximum atomic E-state index is 11.8. The van der Waals surface area contributed by atoms with Crippen molar-refractivity contribution in [2.24, 2.45) is 0 Å². The van der Waals surface area contributed by atoms with Crippen molar-refractivity contribution in [3.8, 4) is 0 Å². The van der Waals surface area contributed by atoms with Gasteiger partial charge < -0.3 is 5.32 Å². The van der Waals surface area contributed by atoms with Gasteiger partial charge in [0.05, 0.1) is 0 Å². The van der Waals surface area contributed by atoms with Crippen LogP contribution in [0.5, 0.6) is 0 Å². The van der Waals surface area contributed by atoms with E-state index in [2.05, 4.69) is 42.2 Å². The van der Waals surface area contributed by atoms with Crippen molar-refractivity contribution in [3.05, 3.63) is 62.8 Å². The third-order valence-corrected chi connectivity index (χ3v) is 3.22. The molecule has 1 aromatic carbocycles. The summed E-state index contributed by atoms with van der Waals surface area (Å²) >= 11 is 6.63. The lowest BCUT2D eigenvalue weighted by Gasteiger charge is -2.05. The first-order valence-electron chi connectivity index (χ1n) is 5.30. The van der Waals surface area contributed by atoms with Crippen LogP contribution in [-0.4, -0.2) is 10.9 Å². The molecule has 3 nitrogen and oxygen atoms in total. The number of pyridine rings is 1. The van der Waals surface area contributed by atoms with Crippen LogP contribution in [0.3, 0.4) is 0 Å². The minimum Gasteiger partial charge on any atom is -0.347 e. The Bertz CT molecular complexity index is 572. The number of benzene rings is 1. The quantitative estimate of drug-likeness (QED) is 0.841. The van der Waals surface area contributed by atoms with E-state index < -0.39 is 0 Å². The van der Waals surface area contributed by atoms with Crippen LogP contribution in [0.1, 0.15) is 16.1 Å². The molecule has 0 aliphatic carbocycles. The zero-order chi connectivity index (χ0) is 13.0. The van der Waals surface area contributed by atoms with Gasteiger partial charge in [-0.15, -0.1) is 0 Å². The number of rotatable bonds is 3. The van der Waals surface area contributed by atoms with Crippen LogP contribution < -0.4 is 5.32 Å². The third kappa shape index (κ3) is 3.65. The number of amides is 1. The maximum absolute atomic E-state index is 11.8. The Labute approximate surface area is 122 Å². The first kappa shape index (κ1) is 13.2. The average Bonchev–Trinajstić information content (AvgIpc) is 2.36. The SMILES string of the molecule is O=C(NCc1cccc(Br)c1)c1cccc(Br)n1. The van der Waals surface area contributed by atoms with Crippen molar-refractivity contribution >= 4 is 37.8 Å². The highest BCUT2D eigenvalue weighted by atomic mass is 79.9. The first-order valence-corrected chi connectivity index (χ1v) is 6.89. The number of nitrogens with one attached hydrogen (secondary N) is 1. The minimum absolute atomic E-state index is 0.184. The van der Waals surface area contributed by atoms with E-state index in [4.69, 9.17) is 0 Å². The fourth-order valence-electron chi connectivity index (χ4n) is 1.45. The van der Waals surface area contributed by atoms with Gasteiger partial charge in [-0.3, -0.25) is 4.79 Å². The monoisotopic (exact) mass is 368 g/mol. The summed E-state index contributed by atoms with van der Waals surface area (Å²) in [6, 6.07) is 13.1. The van der Waals surface area contributed by atoms with Gasteiger partial charge in [-0.1, -0.05) is 34.1 Å². The average molecular weight is 370 g/mol. The molecule has 1 heterocycles. The molecule has 18 heavy (non-hydrogen) atoms. The van der Waals surface area contributed by atoms with E-state index in [-0.39, 0.29) is 5.91 Å². The number of hydrogen-bond donors (Lipinski definition) is 1. The Hall–Kier alpha value is -1.20. The number of hydrogen-bond acceptors (Lipinski definition) is 2. The van der Waals surface area contributed by atoms with Crippen LogP contribution in [0.2, 0.25) is 0 Å². The largest absolute Gasteiger partial charge is 0.347 e. The molecular weight excluding hydrogens is 360 g/mol. The van der Waals surface area contributed by atoms with E-state index in [9.17, 15) is 4.79 Å². The van der Waals surface area contributed by atoms with Crippen LogP contribution in [0.25, 0.3) is 0 Å². The molecule has 0 atom stereocenters. The van der Waals surface area contributed by atoms with Gasteiger partial charge in [-0.2, -0.15) is 0 Å². The van der Waals surface area contributed by atoms with Gasteiger partial charge in [0, 0.05) is 11.0 Å². The van der Waals surface area contributed by atoms with Crippen molar-refractivity contribution < 1.29 is 4.79 Å². The Balaban J connectivity index is 2.00. The fraction of sp³-hybridized carbons (Fsp3) is 0.0769. The summed E-state index contributed by atoms with van der Waals surface area (Å²) in [5.74, 6) is -0.184. The predicted octanol–water partition coefficient (Wildman–Crippen LogP) is 3.54. The van der Waals surface area contributed by atoms with Crippen LogP contribution in [-0.2, 0) is 6.54 Å². The first-order chi connectivity index (χ1) is 8.65. The fourth-order valence-corrected chi connectivity index (χ4v) is 2.24. The smallest absolute Gasteiger partial charge is 0.270 e. The molecule has 5 heteroatoms. The second kappa shape index (κ2) is 6.11. The van der Waals surface area contributed by atoms with Gasteiger partial charge in [0.2, 0.25) is 0 Å². The van der Waals surface area contributed by atoms with Crippen LogP contribution in [0.15, 0.2) is 51.5 Å². The molecule has 0 aliphatic heterocycles. The van der Waals surface area contributed by atoms with Crippen molar-refractivity contribution in [1.29, 1.82) is 0 Å². The highest BCUT2D eigenvalue weighted by Gasteiger charge is 2.06. The highest BCUT2D eigenvalue weighted by Crippen LogP contribution is 2.11. The summed E-state index contributed by atoms with van der Waals surface area (Å²) in [5, 5.41) is 2.83. The summed E-state index contributed by atoms with van der Waals surface area (Å²) in [6.07, 6.45) is 0. The summed E-state index contributed by atoms with van der Waals surface area (Å²) in [6.45, 7) is 0.479. The number of carbonyl (C=O) groups is 1. The lowest BCUT2D eigenvalue weighted by molar-refractivity contribution is 0.0946. The molecule has 0 aliphatic rings. The summed E-state index contributed by atoms with van der Waals surface area (Å²) in [5.41, 5.74) is 1.44. The molecule has 92 valence electrons. The molecule has 0 spiro atoms. The van der Waals surface area contributed by atoms with Crippen LogP contribution in [0, 0.1) is 0 Å². The van der Waals surface area contributed by atoms with Gasteiger partial charge in [0.15, 0.2) is 0 Å². The van der Waals surface area contributed by atoms with Gasteiger partial charge in [-0.05, 0) is 45.8 Å². The lowest BCUT2D eigenvalue weighted by Crippen LogP contribution is -2.23. The standard InChI is InChI=1S/C13H10Br2N2O/c14-10-4-1-3-9(7-10)8-16-13(18)11-5-2-6-12(15)17-11/h1-7H,8H2,(H,16,18). The maximum Gasteiger partial charge on any atom is 0.270 e. The van der Waals surface area contributed by atoms with Gasteiger partial charge in [0.25, 0.3) is 5.91 Å². The summed E-state index contributed by atoms with van der Waals surface area (Å²) < 4.78 is 1.65. The topological polar surface area (TPSA) is 42.0 Å². The molecular formula is C13H10Br2N2O. The van der Waals surface area contributed by atoms with Gasteiger partial charge >= 0.3 is 0 Å². The van der Waals surface area contributed by atoms with Crippen molar-refractivity contribution in [3.63, 3.8) is 0 Å². The second-order valence-electron chi connectivity index (χ2n) is 3.66. The zero-order valence-electron chi connectivity index (χ0n) is 9.36. The Kier molecular flexibility index (Phi) is 4.49. The normalized spacial score (nSPS) is 10.1. The van der Waals surface area contributed by atoms with E-state index in [0.717, 1.165) is 10.0 Å². The number of halogens is 2. The van der Waals surface area contributed by atoms with E-state index in [0.29, 0.717) is 16.8 Å². The van der Waals surface area contributed by atoms with E-state index in [1.807, 2.05) is 24.3 Å². The molecule has 2 rings (SSSR count). The predicted molar refractivity (Wildman–Crippen MR) is 77.2 cm³/mol. The van der Waals surface area contributed by atoms with E-state index in [1.54, 1.807) is 18.2 Å². The van der Waals surface area contributed by atoms with Crippen LogP contribution >= 0.6 is 31.9 Å². The lowest BCUT2D eigenvalue weighted by atomic mass is 10.2. The zero-order valence-corrected chi connectivity index (χ0v) is 12.5. The molecule has 2 aromatic rings. The molecule has 0 bridgehead atoms. The van der Waals surface area contributed by atoms with Crippen molar-refractivity contribution in [2.75, 3.05) is 0 Å².